The number of carbonyl (C=O) groups is 1. The Morgan fingerprint density at radius 3 is 2.64 bits per heavy atom. The summed E-state index contributed by atoms with van der Waals surface area (Å²) in [6, 6.07) is 7.28. The zero-order valence-corrected chi connectivity index (χ0v) is 14.0. The molecule has 1 aromatic carbocycles. The van der Waals surface area contributed by atoms with Crippen LogP contribution >= 0.6 is 15.9 Å². The second kappa shape index (κ2) is 7.08. The molecule has 8 heteroatoms. The van der Waals surface area contributed by atoms with Crippen LogP contribution in [0.3, 0.4) is 0 Å². The number of amides is 1. The lowest BCUT2D eigenvalue weighted by molar-refractivity contribution is 0.0958. The van der Waals surface area contributed by atoms with Crippen LogP contribution in [0.1, 0.15) is 10.5 Å². The van der Waals surface area contributed by atoms with Crippen molar-refractivity contribution in [2.24, 2.45) is 0 Å². The minimum absolute atomic E-state index is 0.198. The normalized spacial score (nSPS) is 10.0. The molecule has 3 N–H and O–H groups in total. The largest absolute Gasteiger partial charge is 0.493 e. The number of carbonyl (C=O) groups excluding carboxylic acids is 1. The lowest BCUT2D eigenvalue weighted by atomic mass is 10.2. The number of hydrogen-bond donors (Lipinski definition) is 3. The molecule has 0 saturated heterocycles. The van der Waals surface area contributed by atoms with Crippen molar-refractivity contribution in [2.75, 3.05) is 31.8 Å². The number of benzene rings is 1. The number of aromatic nitrogens is 2. The van der Waals surface area contributed by atoms with E-state index in [2.05, 4.69) is 42.1 Å². The van der Waals surface area contributed by atoms with Gasteiger partial charge in [-0.2, -0.15) is 0 Å². The molecular weight excluding hydrogens is 350 g/mol. The van der Waals surface area contributed by atoms with Gasteiger partial charge in [-0.25, -0.2) is 0 Å². The Morgan fingerprint density at radius 2 is 2.00 bits per heavy atom. The molecule has 1 aromatic heterocycles. The highest BCUT2D eigenvalue weighted by molar-refractivity contribution is 9.10. The summed E-state index contributed by atoms with van der Waals surface area (Å²) in [5, 5.41) is 16.5. The van der Waals surface area contributed by atoms with E-state index >= 15 is 0 Å². The molecule has 0 aliphatic heterocycles. The number of methoxy groups -OCH3 is 1. The van der Waals surface area contributed by atoms with E-state index in [1.807, 2.05) is 18.2 Å². The number of halogens is 1. The Balaban J connectivity index is 2.48. The summed E-state index contributed by atoms with van der Waals surface area (Å²) < 4.78 is 6.17. The fourth-order valence-electron chi connectivity index (χ4n) is 1.86. The molecule has 0 aliphatic rings. The topological polar surface area (TPSA) is 88.2 Å². The van der Waals surface area contributed by atoms with Crippen LogP contribution in [0, 0.1) is 0 Å². The van der Waals surface area contributed by atoms with E-state index < -0.39 is 0 Å². The highest BCUT2D eigenvalue weighted by Crippen LogP contribution is 2.35. The van der Waals surface area contributed by atoms with Gasteiger partial charge in [0.15, 0.2) is 17.3 Å². The van der Waals surface area contributed by atoms with E-state index in [1.54, 1.807) is 27.3 Å². The van der Waals surface area contributed by atoms with Gasteiger partial charge in [0, 0.05) is 20.2 Å². The van der Waals surface area contributed by atoms with Crippen LogP contribution < -0.4 is 20.7 Å². The van der Waals surface area contributed by atoms with Crippen molar-refractivity contribution in [3.8, 4) is 5.75 Å². The number of hydrogen-bond acceptors (Lipinski definition) is 6. The molecule has 2 rings (SSSR count). The minimum atomic E-state index is -0.327. The Bertz CT molecular complexity index is 693. The first-order valence-corrected chi connectivity index (χ1v) is 7.27. The first kappa shape index (κ1) is 16.0. The highest BCUT2D eigenvalue weighted by atomic mass is 79.9. The van der Waals surface area contributed by atoms with Gasteiger partial charge in [-0.3, -0.25) is 4.79 Å². The van der Waals surface area contributed by atoms with Crippen molar-refractivity contribution >= 4 is 39.0 Å². The van der Waals surface area contributed by atoms with Crippen molar-refractivity contribution in [2.45, 2.75) is 0 Å². The average molecular weight is 366 g/mol. The fraction of sp³-hybridized carbons (Fsp3) is 0.214. The average Bonchev–Trinajstić information content (AvgIpc) is 2.54. The third kappa shape index (κ3) is 3.28. The molecule has 116 valence electrons. The number of nitrogens with zero attached hydrogens (tertiary/aromatic N) is 2. The zero-order valence-electron chi connectivity index (χ0n) is 12.4. The standard InChI is InChI=1S/C14H16BrN5O2/c1-16-11-7-10(12(20-19-11)14(21)17-2)18-9-6-4-5-8(15)13(9)22-3/h4-7H,1-3H3,(H,17,21)(H2,16,18,19). The summed E-state index contributed by atoms with van der Waals surface area (Å²) in [5.74, 6) is 0.851. The number of rotatable bonds is 5. The monoisotopic (exact) mass is 365 g/mol. The van der Waals surface area contributed by atoms with Gasteiger partial charge < -0.3 is 20.7 Å². The van der Waals surface area contributed by atoms with Gasteiger partial charge in [-0.15, -0.1) is 10.2 Å². The Labute approximate surface area is 136 Å². The highest BCUT2D eigenvalue weighted by Gasteiger charge is 2.16. The first-order chi connectivity index (χ1) is 10.6. The van der Waals surface area contributed by atoms with Crippen LogP contribution in [0.25, 0.3) is 0 Å². The fourth-order valence-corrected chi connectivity index (χ4v) is 2.38. The summed E-state index contributed by atoms with van der Waals surface area (Å²) in [7, 11) is 4.85. The van der Waals surface area contributed by atoms with Crippen LogP contribution in [-0.2, 0) is 0 Å². The van der Waals surface area contributed by atoms with Crippen LogP contribution in [-0.4, -0.2) is 37.3 Å². The second-order valence-electron chi connectivity index (χ2n) is 4.27. The smallest absolute Gasteiger partial charge is 0.273 e. The molecule has 0 unspecified atom stereocenters. The van der Waals surface area contributed by atoms with Gasteiger partial charge >= 0.3 is 0 Å². The van der Waals surface area contributed by atoms with Crippen LogP contribution in [0.4, 0.5) is 17.2 Å². The predicted octanol–water partition coefficient (Wildman–Crippen LogP) is 2.39. The van der Waals surface area contributed by atoms with E-state index in [-0.39, 0.29) is 11.6 Å². The maximum Gasteiger partial charge on any atom is 0.273 e. The van der Waals surface area contributed by atoms with Crippen LogP contribution in [0.2, 0.25) is 0 Å². The van der Waals surface area contributed by atoms with E-state index in [4.69, 9.17) is 4.74 Å². The molecule has 0 bridgehead atoms. The maximum atomic E-state index is 11.9. The molecule has 0 fully saturated rings. The van der Waals surface area contributed by atoms with Crippen LogP contribution in [0.5, 0.6) is 5.75 Å². The molecule has 0 spiro atoms. The minimum Gasteiger partial charge on any atom is -0.493 e. The van der Waals surface area contributed by atoms with Crippen molar-refractivity contribution < 1.29 is 9.53 Å². The number of anilines is 3. The molecule has 0 saturated carbocycles. The van der Waals surface area contributed by atoms with E-state index in [9.17, 15) is 4.79 Å². The van der Waals surface area contributed by atoms with E-state index in [0.29, 0.717) is 22.9 Å². The molecule has 22 heavy (non-hydrogen) atoms. The van der Waals surface area contributed by atoms with E-state index in [1.165, 1.54) is 0 Å². The van der Waals surface area contributed by atoms with Gasteiger partial charge in [0.25, 0.3) is 5.91 Å². The number of para-hydroxylation sites is 1. The zero-order chi connectivity index (χ0) is 16.1. The molecule has 2 aromatic rings. The summed E-state index contributed by atoms with van der Waals surface area (Å²) in [6.45, 7) is 0. The molecule has 1 amide bonds. The number of nitrogens with one attached hydrogen (secondary N) is 3. The summed E-state index contributed by atoms with van der Waals surface area (Å²) >= 11 is 3.43. The predicted molar refractivity (Wildman–Crippen MR) is 88.9 cm³/mol. The van der Waals surface area contributed by atoms with Gasteiger partial charge in [-0.1, -0.05) is 6.07 Å². The van der Waals surface area contributed by atoms with Crippen molar-refractivity contribution in [3.63, 3.8) is 0 Å². The van der Waals surface area contributed by atoms with Gasteiger partial charge in [0.2, 0.25) is 0 Å². The van der Waals surface area contributed by atoms with E-state index in [0.717, 1.165) is 4.47 Å². The quantitative estimate of drug-likeness (QED) is 0.753. The summed E-state index contributed by atoms with van der Waals surface area (Å²) in [6.07, 6.45) is 0. The second-order valence-corrected chi connectivity index (χ2v) is 5.12. The lowest BCUT2D eigenvalue weighted by Crippen LogP contribution is -2.21. The summed E-state index contributed by atoms with van der Waals surface area (Å²) in [4.78, 5) is 11.9. The third-order valence-electron chi connectivity index (χ3n) is 2.93. The third-order valence-corrected chi connectivity index (χ3v) is 3.56. The Hall–Kier alpha value is -2.35. The molecule has 0 atom stereocenters. The van der Waals surface area contributed by atoms with Gasteiger partial charge in [0.05, 0.1) is 23.0 Å². The Morgan fingerprint density at radius 1 is 1.23 bits per heavy atom. The Kier molecular flexibility index (Phi) is 5.16. The summed E-state index contributed by atoms with van der Waals surface area (Å²) in [5.41, 5.74) is 1.43. The van der Waals surface area contributed by atoms with Crippen molar-refractivity contribution in [3.05, 3.63) is 34.4 Å². The van der Waals surface area contributed by atoms with Gasteiger partial charge in [0.1, 0.15) is 0 Å². The maximum absolute atomic E-state index is 11.9. The molecule has 1 heterocycles. The number of ether oxygens (including phenoxy) is 1. The lowest BCUT2D eigenvalue weighted by Gasteiger charge is -2.14. The molecule has 0 radical (unpaired) electrons. The van der Waals surface area contributed by atoms with Gasteiger partial charge in [-0.05, 0) is 28.1 Å². The van der Waals surface area contributed by atoms with Crippen LogP contribution in [0.15, 0.2) is 28.7 Å². The van der Waals surface area contributed by atoms with Crippen molar-refractivity contribution in [1.82, 2.24) is 15.5 Å². The molecular formula is C14H16BrN5O2. The first-order valence-electron chi connectivity index (χ1n) is 6.47. The van der Waals surface area contributed by atoms with Crippen molar-refractivity contribution in [1.29, 1.82) is 0 Å². The molecule has 7 nitrogen and oxygen atoms in total. The molecule has 0 aliphatic carbocycles. The SMILES string of the molecule is CNC(=O)c1nnc(NC)cc1Nc1cccc(Br)c1OC.